The lowest BCUT2D eigenvalue weighted by Crippen LogP contribution is -2.15. The number of esters is 1. The quantitative estimate of drug-likeness (QED) is 0.539. The number of ether oxygens (including phenoxy) is 2. The van der Waals surface area contributed by atoms with Crippen LogP contribution in [0.3, 0.4) is 0 Å². The first-order valence-corrected chi connectivity index (χ1v) is 10.2. The minimum Gasteiger partial charge on any atom is -0.494 e. The molecule has 1 aliphatic rings. The van der Waals surface area contributed by atoms with E-state index in [4.69, 9.17) is 9.47 Å². The number of aryl methyl sites for hydroxylation is 2. The molecule has 0 fully saturated rings. The van der Waals surface area contributed by atoms with Gasteiger partial charge in [-0.05, 0) is 55.4 Å². The molecule has 27 heavy (non-hydrogen) atoms. The van der Waals surface area contributed by atoms with Crippen molar-refractivity contribution in [2.24, 2.45) is 0 Å². The van der Waals surface area contributed by atoms with E-state index >= 15 is 0 Å². The topological polar surface area (TPSA) is 64.6 Å². The van der Waals surface area contributed by atoms with E-state index in [-0.39, 0.29) is 11.9 Å². The molecule has 144 valence electrons. The van der Waals surface area contributed by atoms with Gasteiger partial charge in [0, 0.05) is 11.3 Å². The van der Waals surface area contributed by atoms with Gasteiger partial charge in [0.1, 0.15) is 10.8 Å². The molecule has 1 aliphatic carbocycles. The lowest BCUT2D eigenvalue weighted by Gasteiger charge is -2.08. The van der Waals surface area contributed by atoms with Crippen molar-refractivity contribution in [1.29, 1.82) is 0 Å². The van der Waals surface area contributed by atoms with Gasteiger partial charge in [-0.25, -0.2) is 4.79 Å². The Morgan fingerprint density at radius 1 is 1.19 bits per heavy atom. The predicted octanol–water partition coefficient (Wildman–Crippen LogP) is 4.38. The Labute approximate surface area is 163 Å². The van der Waals surface area contributed by atoms with Gasteiger partial charge in [0.2, 0.25) is 5.91 Å². The lowest BCUT2D eigenvalue weighted by molar-refractivity contribution is -0.116. The molecule has 0 radical (unpaired) electrons. The first kappa shape index (κ1) is 19.4. The van der Waals surface area contributed by atoms with Crippen LogP contribution in [0.5, 0.6) is 5.75 Å². The third-order valence-corrected chi connectivity index (χ3v) is 5.92. The lowest BCUT2D eigenvalue weighted by atomic mass is 10.1. The van der Waals surface area contributed by atoms with Crippen molar-refractivity contribution in [1.82, 2.24) is 0 Å². The van der Waals surface area contributed by atoms with Crippen molar-refractivity contribution in [3.05, 3.63) is 45.8 Å². The molecule has 1 amide bonds. The van der Waals surface area contributed by atoms with Crippen LogP contribution in [0.4, 0.5) is 5.00 Å². The Morgan fingerprint density at radius 3 is 2.67 bits per heavy atom. The second-order valence-corrected chi connectivity index (χ2v) is 7.66. The third-order valence-electron chi connectivity index (χ3n) is 4.71. The number of thiophene rings is 1. The van der Waals surface area contributed by atoms with E-state index in [0.29, 0.717) is 30.0 Å². The molecule has 1 heterocycles. The van der Waals surface area contributed by atoms with Crippen LogP contribution in [0.25, 0.3) is 0 Å². The van der Waals surface area contributed by atoms with Gasteiger partial charge in [-0.1, -0.05) is 19.1 Å². The largest absolute Gasteiger partial charge is 0.494 e. The summed E-state index contributed by atoms with van der Waals surface area (Å²) >= 11 is 1.50. The summed E-state index contributed by atoms with van der Waals surface area (Å²) in [5, 5.41) is 3.51. The number of anilines is 1. The summed E-state index contributed by atoms with van der Waals surface area (Å²) < 4.78 is 10.6. The van der Waals surface area contributed by atoms with Crippen molar-refractivity contribution in [3.63, 3.8) is 0 Å². The summed E-state index contributed by atoms with van der Waals surface area (Å²) in [6.45, 7) is 2.59. The number of nitrogens with one attached hydrogen (secondary N) is 1. The zero-order valence-corrected chi connectivity index (χ0v) is 16.6. The SMILES string of the molecule is CCc1ccc(OCCCC(=O)Nc2sc3c(c2C(=O)OC)CCC3)cc1. The Kier molecular flexibility index (Phi) is 6.50. The Morgan fingerprint density at radius 2 is 1.96 bits per heavy atom. The maximum Gasteiger partial charge on any atom is 0.341 e. The van der Waals surface area contributed by atoms with Crippen molar-refractivity contribution in [2.45, 2.75) is 45.4 Å². The monoisotopic (exact) mass is 387 g/mol. The van der Waals surface area contributed by atoms with Crippen molar-refractivity contribution in [3.8, 4) is 5.75 Å². The molecule has 1 aromatic carbocycles. The van der Waals surface area contributed by atoms with Crippen molar-refractivity contribution in [2.75, 3.05) is 19.0 Å². The molecule has 0 saturated carbocycles. The summed E-state index contributed by atoms with van der Waals surface area (Å²) in [6.07, 6.45) is 4.84. The van der Waals surface area contributed by atoms with Crippen molar-refractivity contribution < 1.29 is 19.1 Å². The van der Waals surface area contributed by atoms with Crippen molar-refractivity contribution >= 4 is 28.2 Å². The molecule has 0 atom stereocenters. The molecule has 0 bridgehead atoms. The van der Waals surface area contributed by atoms with Crippen LogP contribution in [-0.2, 0) is 28.8 Å². The first-order chi connectivity index (χ1) is 13.1. The minimum absolute atomic E-state index is 0.106. The maximum absolute atomic E-state index is 12.3. The average Bonchev–Trinajstić information content (AvgIpc) is 3.26. The molecule has 0 aliphatic heterocycles. The molecule has 5 nitrogen and oxygen atoms in total. The molecular formula is C21H25NO4S. The van der Waals surface area contributed by atoms with E-state index < -0.39 is 0 Å². The number of fused-ring (bicyclic) bond motifs is 1. The fraction of sp³-hybridized carbons (Fsp3) is 0.429. The standard InChI is InChI=1S/C21H25NO4S/c1-3-14-9-11-15(12-10-14)26-13-5-8-18(23)22-20-19(21(24)25-2)16-6-4-7-17(16)27-20/h9-12H,3-8,13H2,1-2H3,(H,22,23). The van der Waals surface area contributed by atoms with Gasteiger partial charge in [-0.3, -0.25) is 4.79 Å². The zero-order chi connectivity index (χ0) is 19.2. The summed E-state index contributed by atoms with van der Waals surface area (Å²) in [6, 6.07) is 8.00. The fourth-order valence-corrected chi connectivity index (χ4v) is 4.54. The zero-order valence-electron chi connectivity index (χ0n) is 15.8. The number of hydrogen-bond donors (Lipinski definition) is 1. The molecule has 1 aromatic heterocycles. The second kappa shape index (κ2) is 9.04. The van der Waals surface area contributed by atoms with Gasteiger partial charge in [0.25, 0.3) is 0 Å². The van der Waals surface area contributed by atoms with Crippen LogP contribution in [0, 0.1) is 0 Å². The van der Waals surface area contributed by atoms with Gasteiger partial charge >= 0.3 is 5.97 Å². The van der Waals surface area contributed by atoms with E-state index in [1.165, 1.54) is 28.9 Å². The Bertz CT molecular complexity index is 810. The van der Waals surface area contributed by atoms with Gasteiger partial charge in [0.05, 0.1) is 19.3 Å². The van der Waals surface area contributed by atoms with Crippen LogP contribution in [0.2, 0.25) is 0 Å². The van der Waals surface area contributed by atoms with Gasteiger partial charge in [0.15, 0.2) is 0 Å². The number of benzene rings is 1. The smallest absolute Gasteiger partial charge is 0.341 e. The summed E-state index contributed by atoms with van der Waals surface area (Å²) in [5.74, 6) is 0.337. The highest BCUT2D eigenvalue weighted by atomic mass is 32.1. The highest BCUT2D eigenvalue weighted by Crippen LogP contribution is 2.39. The number of hydrogen-bond acceptors (Lipinski definition) is 5. The Hall–Kier alpha value is -2.34. The van der Waals surface area contributed by atoms with E-state index in [2.05, 4.69) is 12.2 Å². The number of rotatable bonds is 8. The van der Waals surface area contributed by atoms with E-state index in [1.54, 1.807) is 0 Å². The number of carbonyl (C=O) groups excluding carboxylic acids is 2. The molecule has 0 unspecified atom stereocenters. The molecule has 1 N–H and O–H groups in total. The van der Waals surface area contributed by atoms with Crippen LogP contribution in [0.15, 0.2) is 24.3 Å². The second-order valence-electron chi connectivity index (χ2n) is 6.55. The van der Waals surface area contributed by atoms with Gasteiger partial charge < -0.3 is 14.8 Å². The minimum atomic E-state index is -0.372. The van der Waals surface area contributed by atoms with E-state index in [0.717, 1.165) is 37.0 Å². The first-order valence-electron chi connectivity index (χ1n) is 9.36. The Balaban J connectivity index is 1.50. The van der Waals surface area contributed by atoms with Crippen LogP contribution in [0.1, 0.15) is 52.5 Å². The summed E-state index contributed by atoms with van der Waals surface area (Å²) in [4.78, 5) is 25.6. The highest BCUT2D eigenvalue weighted by Gasteiger charge is 2.27. The van der Waals surface area contributed by atoms with E-state index in [1.807, 2.05) is 24.3 Å². The molecule has 3 rings (SSSR count). The summed E-state index contributed by atoms with van der Waals surface area (Å²) in [5.41, 5.74) is 2.85. The van der Waals surface area contributed by atoms with Crippen LogP contribution in [-0.4, -0.2) is 25.6 Å². The normalized spacial score (nSPS) is 12.5. The average molecular weight is 388 g/mol. The molecular weight excluding hydrogens is 362 g/mol. The molecule has 0 spiro atoms. The summed E-state index contributed by atoms with van der Waals surface area (Å²) in [7, 11) is 1.37. The third kappa shape index (κ3) is 4.69. The van der Waals surface area contributed by atoms with Crippen LogP contribution >= 0.6 is 11.3 Å². The maximum atomic E-state index is 12.3. The van der Waals surface area contributed by atoms with Gasteiger partial charge in [-0.15, -0.1) is 11.3 Å². The predicted molar refractivity (Wildman–Crippen MR) is 107 cm³/mol. The van der Waals surface area contributed by atoms with Gasteiger partial charge in [-0.2, -0.15) is 0 Å². The molecule has 2 aromatic rings. The fourth-order valence-electron chi connectivity index (χ4n) is 3.24. The number of amides is 1. The molecule has 0 saturated heterocycles. The number of methoxy groups -OCH3 is 1. The number of carbonyl (C=O) groups is 2. The molecule has 6 heteroatoms. The van der Waals surface area contributed by atoms with E-state index in [9.17, 15) is 9.59 Å². The van der Waals surface area contributed by atoms with Crippen LogP contribution < -0.4 is 10.1 Å². The highest BCUT2D eigenvalue weighted by molar-refractivity contribution is 7.17.